The molecule has 35 heavy (non-hydrogen) atoms. The van der Waals surface area contributed by atoms with E-state index in [1.165, 1.54) is 12.0 Å². The summed E-state index contributed by atoms with van der Waals surface area (Å²) in [4.78, 5) is 43.8. The van der Waals surface area contributed by atoms with Crippen LogP contribution in [0.3, 0.4) is 0 Å². The van der Waals surface area contributed by atoms with Gasteiger partial charge in [-0.15, -0.1) is 0 Å². The van der Waals surface area contributed by atoms with Crippen molar-refractivity contribution < 1.29 is 29.0 Å². The number of methoxy groups -OCH3 is 1. The average Bonchev–Trinajstić information content (AvgIpc) is 3.15. The first-order chi connectivity index (χ1) is 16.9. The number of rotatable bonds is 7. The molecule has 0 radical (unpaired) electrons. The third-order valence-electron chi connectivity index (χ3n) is 5.64. The Morgan fingerprint density at radius 2 is 1.74 bits per heavy atom. The number of hydrogen-bond acceptors (Lipinski definition) is 7. The van der Waals surface area contributed by atoms with Gasteiger partial charge in [0.2, 0.25) is 0 Å². The van der Waals surface area contributed by atoms with Crippen LogP contribution < -0.4 is 9.64 Å². The minimum Gasteiger partial charge on any atom is -0.507 e. The first kappa shape index (κ1) is 23.7. The van der Waals surface area contributed by atoms with Crippen LogP contribution in [0.1, 0.15) is 29.8 Å². The van der Waals surface area contributed by atoms with Crippen LogP contribution in [0.5, 0.6) is 5.75 Å². The van der Waals surface area contributed by atoms with Gasteiger partial charge in [0.15, 0.2) is 0 Å². The van der Waals surface area contributed by atoms with E-state index in [4.69, 9.17) is 9.47 Å². The molecule has 1 aliphatic heterocycles. The van der Waals surface area contributed by atoms with Crippen molar-refractivity contribution >= 4 is 29.1 Å². The van der Waals surface area contributed by atoms with Crippen molar-refractivity contribution in [2.75, 3.05) is 18.6 Å². The minimum absolute atomic E-state index is 0.0607. The maximum atomic E-state index is 13.2. The van der Waals surface area contributed by atoms with Gasteiger partial charge in [-0.05, 0) is 61.0 Å². The van der Waals surface area contributed by atoms with Crippen molar-refractivity contribution in [3.8, 4) is 5.75 Å². The number of carbonyl (C=O) groups is 3. The van der Waals surface area contributed by atoms with Gasteiger partial charge in [0.05, 0.1) is 31.4 Å². The number of aliphatic hydroxyl groups is 1. The van der Waals surface area contributed by atoms with Crippen molar-refractivity contribution in [3.63, 3.8) is 0 Å². The van der Waals surface area contributed by atoms with Crippen molar-refractivity contribution in [3.05, 3.63) is 95.3 Å². The number of nitrogens with zero attached hydrogens (tertiary/aromatic N) is 2. The summed E-state index contributed by atoms with van der Waals surface area (Å²) >= 11 is 0. The Morgan fingerprint density at radius 1 is 1.03 bits per heavy atom. The van der Waals surface area contributed by atoms with Gasteiger partial charge in [-0.1, -0.05) is 18.2 Å². The van der Waals surface area contributed by atoms with Gasteiger partial charge in [-0.25, -0.2) is 0 Å². The molecule has 0 bridgehead atoms. The van der Waals surface area contributed by atoms with E-state index in [9.17, 15) is 19.5 Å². The molecule has 1 saturated heterocycles. The lowest BCUT2D eigenvalue weighted by atomic mass is 9.98. The zero-order valence-electron chi connectivity index (χ0n) is 19.3. The topological polar surface area (TPSA) is 106 Å². The molecule has 0 saturated carbocycles. The molecular formula is C27H24N2O6. The number of carbonyl (C=O) groups excluding carboxylic acids is 3. The minimum atomic E-state index is -0.936. The second-order valence-corrected chi connectivity index (χ2v) is 7.80. The highest BCUT2D eigenvalue weighted by Gasteiger charge is 2.47. The van der Waals surface area contributed by atoms with Gasteiger partial charge in [0.1, 0.15) is 17.6 Å². The molecule has 0 spiro atoms. The molecular weight excluding hydrogens is 448 g/mol. The molecule has 1 N–H and O–H groups in total. The molecule has 8 heteroatoms. The van der Waals surface area contributed by atoms with E-state index in [-0.39, 0.29) is 23.7 Å². The Balaban J connectivity index is 1.78. The average molecular weight is 472 g/mol. The quantitative estimate of drug-likeness (QED) is 0.241. The summed E-state index contributed by atoms with van der Waals surface area (Å²) in [5, 5.41) is 11.1. The summed E-state index contributed by atoms with van der Waals surface area (Å²) in [6.07, 6.45) is 1.65. The summed E-state index contributed by atoms with van der Waals surface area (Å²) in [7, 11) is 1.53. The summed E-state index contributed by atoms with van der Waals surface area (Å²) in [5.74, 6) is -1.67. The van der Waals surface area contributed by atoms with Gasteiger partial charge in [0, 0.05) is 17.4 Å². The Kier molecular flexibility index (Phi) is 6.91. The molecule has 8 nitrogen and oxygen atoms in total. The number of benzene rings is 2. The van der Waals surface area contributed by atoms with E-state index in [1.54, 1.807) is 79.9 Å². The highest BCUT2D eigenvalue weighted by atomic mass is 16.5. The fraction of sp³-hybridized carbons (Fsp3) is 0.185. The van der Waals surface area contributed by atoms with Crippen molar-refractivity contribution in [1.82, 2.24) is 4.98 Å². The zero-order chi connectivity index (χ0) is 24.9. The summed E-state index contributed by atoms with van der Waals surface area (Å²) in [5.41, 5.74) is 1.88. The summed E-state index contributed by atoms with van der Waals surface area (Å²) < 4.78 is 10.1. The summed E-state index contributed by atoms with van der Waals surface area (Å²) in [6, 6.07) is 17.5. The number of hydrogen-bond donors (Lipinski definition) is 1. The lowest BCUT2D eigenvalue weighted by Gasteiger charge is -2.24. The van der Waals surface area contributed by atoms with E-state index in [0.29, 0.717) is 34.9 Å². The largest absolute Gasteiger partial charge is 0.507 e. The van der Waals surface area contributed by atoms with Crippen LogP contribution in [0.4, 0.5) is 5.69 Å². The third-order valence-corrected chi connectivity index (χ3v) is 5.64. The number of pyridine rings is 1. The Bertz CT molecular complexity index is 1270. The molecule has 1 atom stereocenters. The number of ether oxygens (including phenoxy) is 2. The number of Topliss-reactive ketones (excluding diaryl/α,β-unsaturated/α-hetero) is 1. The standard InChI is InChI=1S/C27H24N2O6/c1-3-35-22(30)16-17-7-11-19(12-8-17)29-24(21-6-4-5-15-28-21)23(26(32)27(29)33)25(31)18-9-13-20(34-2)14-10-18/h4-15,24,31H,3,16H2,1-2H3/b25-23-. The number of anilines is 1. The maximum Gasteiger partial charge on any atom is 0.310 e. The van der Waals surface area contributed by atoms with E-state index in [2.05, 4.69) is 4.98 Å². The Morgan fingerprint density at radius 3 is 2.34 bits per heavy atom. The number of aromatic nitrogens is 1. The van der Waals surface area contributed by atoms with E-state index in [0.717, 1.165) is 0 Å². The van der Waals surface area contributed by atoms with E-state index < -0.39 is 17.7 Å². The Labute approximate surface area is 202 Å². The molecule has 1 aliphatic rings. The normalized spacial score (nSPS) is 16.9. The van der Waals surface area contributed by atoms with Crippen molar-refractivity contribution in [2.24, 2.45) is 0 Å². The highest BCUT2D eigenvalue weighted by Crippen LogP contribution is 2.41. The molecule has 1 amide bonds. The van der Waals surface area contributed by atoms with Gasteiger partial charge >= 0.3 is 5.97 Å². The molecule has 2 aromatic carbocycles. The fourth-order valence-electron chi connectivity index (χ4n) is 3.97. The van der Waals surface area contributed by atoms with Crippen LogP contribution in [0.25, 0.3) is 5.76 Å². The van der Waals surface area contributed by atoms with Crippen LogP contribution in [0.15, 0.2) is 78.5 Å². The number of aliphatic hydroxyl groups excluding tert-OH is 1. The number of esters is 1. The first-order valence-corrected chi connectivity index (χ1v) is 11.1. The molecule has 4 rings (SSSR count). The van der Waals surface area contributed by atoms with Crippen LogP contribution in [0, 0.1) is 0 Å². The highest BCUT2D eigenvalue weighted by molar-refractivity contribution is 6.51. The zero-order valence-corrected chi connectivity index (χ0v) is 19.3. The second-order valence-electron chi connectivity index (χ2n) is 7.80. The predicted molar refractivity (Wildman–Crippen MR) is 129 cm³/mol. The predicted octanol–water partition coefficient (Wildman–Crippen LogP) is 3.82. The Hall–Kier alpha value is -4.46. The van der Waals surface area contributed by atoms with Gasteiger partial charge in [0.25, 0.3) is 11.7 Å². The molecule has 2 heterocycles. The van der Waals surface area contributed by atoms with Crippen LogP contribution in [-0.4, -0.2) is 41.5 Å². The SMILES string of the molecule is CCOC(=O)Cc1ccc(N2C(=O)C(=O)/C(=C(\O)c3ccc(OC)cc3)C2c2ccccn2)cc1. The molecule has 1 unspecified atom stereocenters. The van der Waals surface area contributed by atoms with Crippen LogP contribution >= 0.6 is 0 Å². The van der Waals surface area contributed by atoms with E-state index in [1.807, 2.05) is 0 Å². The number of amides is 1. The molecule has 1 aromatic heterocycles. The van der Waals surface area contributed by atoms with Gasteiger partial charge < -0.3 is 14.6 Å². The lowest BCUT2D eigenvalue weighted by molar-refractivity contribution is -0.142. The molecule has 178 valence electrons. The monoisotopic (exact) mass is 472 g/mol. The van der Waals surface area contributed by atoms with Crippen molar-refractivity contribution in [1.29, 1.82) is 0 Å². The fourth-order valence-corrected chi connectivity index (χ4v) is 3.97. The van der Waals surface area contributed by atoms with Gasteiger partial charge in [-0.3, -0.25) is 24.3 Å². The maximum absolute atomic E-state index is 13.2. The van der Waals surface area contributed by atoms with Crippen LogP contribution in [0.2, 0.25) is 0 Å². The second kappa shape index (κ2) is 10.2. The molecule has 3 aromatic rings. The lowest BCUT2D eigenvalue weighted by Crippen LogP contribution is -2.29. The molecule has 1 fully saturated rings. The molecule has 0 aliphatic carbocycles. The third kappa shape index (κ3) is 4.77. The number of ketones is 1. The van der Waals surface area contributed by atoms with Crippen molar-refractivity contribution in [2.45, 2.75) is 19.4 Å². The first-order valence-electron chi connectivity index (χ1n) is 11.1. The van der Waals surface area contributed by atoms with Crippen LogP contribution in [-0.2, 0) is 25.5 Å². The summed E-state index contributed by atoms with van der Waals surface area (Å²) in [6.45, 7) is 2.03. The van der Waals surface area contributed by atoms with E-state index >= 15 is 0 Å². The van der Waals surface area contributed by atoms with Gasteiger partial charge in [-0.2, -0.15) is 0 Å². The smallest absolute Gasteiger partial charge is 0.310 e.